The standard InChI is InChI=1S/C26H36O8/c1-16-21(8-7-17-5-4-6-18(28)11-17)34-26-14-22(16)32-24(30)13-20(15-27)31-23(29)12-19(33-26)9-10-25(26,2)3/h4-6,11,16,19-22,27-28H,7-10,12-15H2,1-3H3/t16-,19-,20-,21-,22+,26-/m1/s1. The van der Waals surface area contributed by atoms with Crippen molar-refractivity contribution in [1.29, 1.82) is 0 Å². The van der Waals surface area contributed by atoms with E-state index in [9.17, 15) is 19.8 Å². The second-order valence-electron chi connectivity index (χ2n) is 10.6. The lowest BCUT2D eigenvalue weighted by Gasteiger charge is -2.57. The van der Waals surface area contributed by atoms with E-state index in [2.05, 4.69) is 13.8 Å². The van der Waals surface area contributed by atoms with E-state index >= 15 is 0 Å². The molecule has 188 valence electrons. The first-order valence-electron chi connectivity index (χ1n) is 12.2. The van der Waals surface area contributed by atoms with Crippen molar-refractivity contribution < 1.29 is 38.7 Å². The average molecular weight is 477 g/mol. The molecule has 0 saturated carbocycles. The van der Waals surface area contributed by atoms with Gasteiger partial charge < -0.3 is 29.2 Å². The van der Waals surface area contributed by atoms with Gasteiger partial charge in [0, 0.05) is 17.8 Å². The normalized spacial score (nSPS) is 35.9. The van der Waals surface area contributed by atoms with E-state index in [4.69, 9.17) is 18.9 Å². The van der Waals surface area contributed by atoms with Crippen molar-refractivity contribution in [2.75, 3.05) is 6.61 Å². The number of hydrogen-bond acceptors (Lipinski definition) is 8. The van der Waals surface area contributed by atoms with Crippen LogP contribution in [0.25, 0.3) is 0 Å². The van der Waals surface area contributed by atoms with Crippen LogP contribution in [-0.2, 0) is 35.0 Å². The fraction of sp³-hybridized carbons (Fsp3) is 0.692. The molecule has 0 aliphatic carbocycles. The zero-order valence-electron chi connectivity index (χ0n) is 20.2. The molecule has 1 spiro atoms. The molecular formula is C26H36O8. The zero-order valence-corrected chi connectivity index (χ0v) is 20.2. The Hall–Kier alpha value is -2.16. The van der Waals surface area contributed by atoms with E-state index in [1.165, 1.54) is 0 Å². The molecule has 3 aliphatic heterocycles. The van der Waals surface area contributed by atoms with Gasteiger partial charge in [-0.05, 0) is 43.4 Å². The molecule has 1 aromatic carbocycles. The summed E-state index contributed by atoms with van der Waals surface area (Å²) >= 11 is 0. The smallest absolute Gasteiger partial charge is 0.309 e. The molecule has 34 heavy (non-hydrogen) atoms. The van der Waals surface area contributed by atoms with E-state index in [1.54, 1.807) is 12.1 Å². The molecule has 0 unspecified atom stereocenters. The van der Waals surface area contributed by atoms with Crippen LogP contribution in [0.4, 0.5) is 0 Å². The molecule has 3 saturated heterocycles. The van der Waals surface area contributed by atoms with Crippen molar-refractivity contribution in [3.8, 4) is 5.75 Å². The lowest BCUT2D eigenvalue weighted by Crippen LogP contribution is -2.63. The van der Waals surface area contributed by atoms with Crippen molar-refractivity contribution in [3.05, 3.63) is 29.8 Å². The van der Waals surface area contributed by atoms with Gasteiger partial charge in [0.15, 0.2) is 5.79 Å². The van der Waals surface area contributed by atoms with Gasteiger partial charge in [-0.1, -0.05) is 32.9 Å². The van der Waals surface area contributed by atoms with Crippen molar-refractivity contribution in [2.24, 2.45) is 11.3 Å². The van der Waals surface area contributed by atoms with Crippen molar-refractivity contribution in [3.63, 3.8) is 0 Å². The van der Waals surface area contributed by atoms with Crippen LogP contribution >= 0.6 is 0 Å². The number of hydrogen-bond donors (Lipinski definition) is 2. The number of cyclic esters (lactones) is 1. The molecule has 6 atom stereocenters. The fourth-order valence-electron chi connectivity index (χ4n) is 5.40. The van der Waals surface area contributed by atoms with Crippen LogP contribution in [0.2, 0.25) is 0 Å². The first-order valence-corrected chi connectivity index (χ1v) is 12.2. The van der Waals surface area contributed by atoms with Crippen LogP contribution in [0.15, 0.2) is 24.3 Å². The number of aryl methyl sites for hydroxylation is 1. The van der Waals surface area contributed by atoms with Crippen molar-refractivity contribution in [2.45, 2.75) is 95.9 Å². The van der Waals surface area contributed by atoms with Gasteiger partial charge in [-0.3, -0.25) is 9.59 Å². The minimum absolute atomic E-state index is 0.0426. The highest BCUT2D eigenvalue weighted by Crippen LogP contribution is 2.53. The number of carbonyl (C=O) groups is 2. The van der Waals surface area contributed by atoms with Gasteiger partial charge in [-0.25, -0.2) is 0 Å². The highest BCUT2D eigenvalue weighted by atomic mass is 16.7. The van der Waals surface area contributed by atoms with Crippen molar-refractivity contribution >= 4 is 11.9 Å². The number of aromatic hydroxyl groups is 1. The van der Waals surface area contributed by atoms with E-state index in [0.29, 0.717) is 25.7 Å². The number of esters is 2. The molecule has 3 fully saturated rings. The van der Waals surface area contributed by atoms with Crippen LogP contribution in [0, 0.1) is 11.3 Å². The number of fused-ring (bicyclic) bond motifs is 2. The molecule has 8 heteroatoms. The molecule has 8 nitrogen and oxygen atoms in total. The number of phenols is 1. The summed E-state index contributed by atoms with van der Waals surface area (Å²) in [4.78, 5) is 25.2. The monoisotopic (exact) mass is 476 g/mol. The van der Waals surface area contributed by atoms with Gasteiger partial charge in [-0.15, -0.1) is 0 Å². The molecule has 3 heterocycles. The average Bonchev–Trinajstić information content (AvgIpc) is 2.76. The van der Waals surface area contributed by atoms with Crippen molar-refractivity contribution in [1.82, 2.24) is 0 Å². The van der Waals surface area contributed by atoms with Gasteiger partial charge in [-0.2, -0.15) is 0 Å². The quantitative estimate of drug-likeness (QED) is 0.637. The topological polar surface area (TPSA) is 112 Å². The Labute approximate surface area is 200 Å². The number of aliphatic hydroxyl groups is 1. The van der Waals surface area contributed by atoms with Crippen LogP contribution in [0.3, 0.4) is 0 Å². The minimum Gasteiger partial charge on any atom is -0.508 e. The Kier molecular flexibility index (Phi) is 7.22. The molecule has 1 aromatic rings. The zero-order chi connectivity index (χ0) is 24.5. The highest BCUT2D eigenvalue weighted by Gasteiger charge is 2.58. The van der Waals surface area contributed by atoms with E-state index in [-0.39, 0.29) is 42.1 Å². The maximum atomic E-state index is 12.7. The second-order valence-corrected chi connectivity index (χ2v) is 10.6. The third-order valence-electron chi connectivity index (χ3n) is 7.67. The maximum Gasteiger partial charge on any atom is 0.309 e. The van der Waals surface area contributed by atoms with Gasteiger partial charge in [0.1, 0.15) is 18.0 Å². The molecule has 0 aromatic heterocycles. The predicted octanol–water partition coefficient (Wildman–Crippen LogP) is 3.26. The van der Waals surface area contributed by atoms with Crippen LogP contribution in [0.5, 0.6) is 5.75 Å². The fourth-order valence-corrected chi connectivity index (χ4v) is 5.40. The lowest BCUT2D eigenvalue weighted by atomic mass is 9.70. The molecule has 0 radical (unpaired) electrons. The van der Waals surface area contributed by atoms with Gasteiger partial charge >= 0.3 is 11.9 Å². The van der Waals surface area contributed by atoms with Crippen LogP contribution < -0.4 is 0 Å². The third-order valence-corrected chi connectivity index (χ3v) is 7.67. The summed E-state index contributed by atoms with van der Waals surface area (Å²) < 4.78 is 24.5. The Balaban J connectivity index is 1.63. The first-order chi connectivity index (χ1) is 16.1. The van der Waals surface area contributed by atoms with Gasteiger partial charge in [0.2, 0.25) is 0 Å². The first kappa shape index (κ1) is 24.9. The molecule has 3 bridgehead atoms. The van der Waals surface area contributed by atoms with E-state index in [1.807, 2.05) is 19.1 Å². The summed E-state index contributed by atoms with van der Waals surface area (Å²) in [5.74, 6) is -1.90. The van der Waals surface area contributed by atoms with E-state index in [0.717, 1.165) is 12.0 Å². The molecule has 0 amide bonds. The van der Waals surface area contributed by atoms with E-state index < -0.39 is 36.5 Å². The summed E-state index contributed by atoms with van der Waals surface area (Å²) in [5.41, 5.74) is 0.632. The summed E-state index contributed by atoms with van der Waals surface area (Å²) in [7, 11) is 0. The molecule has 2 N–H and O–H groups in total. The number of carbonyl (C=O) groups excluding carboxylic acids is 2. The largest absolute Gasteiger partial charge is 0.508 e. The summed E-state index contributed by atoms with van der Waals surface area (Å²) in [5, 5.41) is 19.4. The predicted molar refractivity (Wildman–Crippen MR) is 122 cm³/mol. The Morgan fingerprint density at radius 2 is 1.85 bits per heavy atom. The Morgan fingerprint density at radius 3 is 2.59 bits per heavy atom. The lowest BCUT2D eigenvalue weighted by molar-refractivity contribution is -0.381. The summed E-state index contributed by atoms with van der Waals surface area (Å²) in [6.45, 7) is 5.76. The third kappa shape index (κ3) is 5.24. The number of phenolic OH excluding ortho intramolecular Hbond substituents is 1. The van der Waals surface area contributed by atoms with Crippen LogP contribution in [0.1, 0.15) is 64.9 Å². The number of aliphatic hydroxyl groups excluding tert-OH is 1. The number of benzene rings is 1. The summed E-state index contributed by atoms with van der Waals surface area (Å²) in [6, 6.07) is 7.16. The maximum absolute atomic E-state index is 12.7. The second kappa shape index (κ2) is 9.84. The Morgan fingerprint density at radius 1 is 1.09 bits per heavy atom. The summed E-state index contributed by atoms with van der Waals surface area (Å²) in [6.07, 6.45) is 1.03. The molecule has 3 aliphatic rings. The Bertz CT molecular complexity index is 899. The molecule has 4 rings (SSSR count). The van der Waals surface area contributed by atoms with Gasteiger partial charge in [0.25, 0.3) is 0 Å². The van der Waals surface area contributed by atoms with Gasteiger partial charge in [0.05, 0.1) is 31.7 Å². The molecular weight excluding hydrogens is 440 g/mol. The number of rotatable bonds is 4. The minimum atomic E-state index is -1.01. The SMILES string of the molecule is C[C@H]1[C@@H]2C[C@@]3(O[C@H](CCC3(C)C)CC(=O)O[C@@H](CO)CC(=O)O2)O[C@@H]1CCc1cccc(O)c1. The van der Waals surface area contributed by atoms with Crippen LogP contribution in [-0.4, -0.2) is 59.0 Å². The highest BCUT2D eigenvalue weighted by molar-refractivity contribution is 5.73. The number of ether oxygens (including phenoxy) is 4.